The Bertz CT molecular complexity index is 382. The van der Waals surface area contributed by atoms with Gasteiger partial charge in [0.25, 0.3) is 0 Å². The van der Waals surface area contributed by atoms with Gasteiger partial charge in [-0.25, -0.2) is 9.97 Å². The third-order valence-electron chi connectivity index (χ3n) is 3.69. The van der Waals surface area contributed by atoms with Gasteiger partial charge in [-0.2, -0.15) is 11.8 Å². The van der Waals surface area contributed by atoms with Gasteiger partial charge >= 0.3 is 0 Å². The quantitative estimate of drug-likeness (QED) is 0.736. The molecule has 1 aromatic heterocycles. The smallest absolute Gasteiger partial charge is 0.132 e. The number of aryl methyl sites for hydroxylation is 1. The molecule has 0 saturated carbocycles. The molecule has 1 heterocycles. The second-order valence-corrected chi connectivity index (χ2v) is 6.17. The Morgan fingerprint density at radius 1 is 1.11 bits per heavy atom. The number of anilines is 1. The summed E-state index contributed by atoms with van der Waals surface area (Å²) < 4.78 is 0. The van der Waals surface area contributed by atoms with Gasteiger partial charge in [-0.1, -0.05) is 12.8 Å². The van der Waals surface area contributed by atoms with Gasteiger partial charge in [0.2, 0.25) is 0 Å². The first-order chi connectivity index (χ1) is 9.42. The number of hydrogen-bond donors (Lipinski definition) is 1. The lowest BCUT2D eigenvalue weighted by Crippen LogP contribution is -2.12. The molecule has 1 aromatic rings. The molecule has 0 radical (unpaired) electrons. The maximum atomic E-state index is 4.41. The van der Waals surface area contributed by atoms with E-state index in [1.807, 2.05) is 11.8 Å². The van der Waals surface area contributed by atoms with Crippen molar-refractivity contribution in [3.8, 4) is 0 Å². The Morgan fingerprint density at radius 2 is 1.95 bits per heavy atom. The summed E-state index contributed by atoms with van der Waals surface area (Å²) in [5.41, 5.74) is 2.64. The van der Waals surface area contributed by atoms with Crippen molar-refractivity contribution < 1.29 is 0 Å². The van der Waals surface area contributed by atoms with Crippen molar-refractivity contribution in [2.45, 2.75) is 51.4 Å². The molecule has 0 bridgehead atoms. The average Bonchev–Trinajstić information content (AvgIpc) is 2.46. The van der Waals surface area contributed by atoms with Crippen LogP contribution in [0.1, 0.15) is 49.8 Å². The van der Waals surface area contributed by atoms with Crippen molar-refractivity contribution in [3.05, 3.63) is 17.6 Å². The fraction of sp³-hybridized carbons (Fsp3) is 0.733. The molecule has 19 heavy (non-hydrogen) atoms. The first-order valence-electron chi connectivity index (χ1n) is 7.47. The molecule has 2 rings (SSSR count). The van der Waals surface area contributed by atoms with Gasteiger partial charge in [0, 0.05) is 17.8 Å². The number of hydrogen-bond acceptors (Lipinski definition) is 4. The molecule has 0 spiro atoms. The Hall–Kier alpha value is -0.770. The van der Waals surface area contributed by atoms with E-state index in [0.717, 1.165) is 25.2 Å². The summed E-state index contributed by atoms with van der Waals surface area (Å²) in [7, 11) is 0. The number of unbranched alkanes of at least 4 members (excludes halogenated alkanes) is 3. The first kappa shape index (κ1) is 14.6. The van der Waals surface area contributed by atoms with E-state index in [0.29, 0.717) is 0 Å². The second kappa shape index (κ2) is 8.41. The number of fused-ring (bicyclic) bond motifs is 1. The lowest BCUT2D eigenvalue weighted by atomic mass is 9.96. The summed E-state index contributed by atoms with van der Waals surface area (Å²) in [4.78, 5) is 8.82. The predicted octanol–water partition coefficient (Wildman–Crippen LogP) is 3.69. The zero-order valence-corrected chi connectivity index (χ0v) is 12.8. The zero-order chi connectivity index (χ0) is 13.3. The van der Waals surface area contributed by atoms with Gasteiger partial charge in [-0.15, -0.1) is 0 Å². The van der Waals surface area contributed by atoms with Crippen LogP contribution in [-0.4, -0.2) is 28.5 Å². The maximum Gasteiger partial charge on any atom is 0.132 e. The third kappa shape index (κ3) is 4.68. The highest BCUT2D eigenvalue weighted by molar-refractivity contribution is 7.98. The van der Waals surface area contributed by atoms with Crippen LogP contribution in [0, 0.1) is 0 Å². The standard InChI is InChI=1S/C15H25N3S/c1-19-11-7-3-2-6-10-16-15-13-8-4-5-9-14(13)17-12-18-15/h12H,2-11H2,1H3,(H,16,17,18). The fourth-order valence-electron chi connectivity index (χ4n) is 2.61. The van der Waals surface area contributed by atoms with E-state index in [4.69, 9.17) is 0 Å². The molecule has 1 N–H and O–H groups in total. The Labute approximate surface area is 121 Å². The lowest BCUT2D eigenvalue weighted by molar-refractivity contribution is 0.659. The summed E-state index contributed by atoms with van der Waals surface area (Å²) in [5, 5.41) is 3.51. The van der Waals surface area contributed by atoms with Crippen molar-refractivity contribution in [3.63, 3.8) is 0 Å². The number of rotatable bonds is 8. The van der Waals surface area contributed by atoms with Crippen LogP contribution in [0.3, 0.4) is 0 Å². The normalized spacial score (nSPS) is 14.2. The SMILES string of the molecule is CSCCCCCCNc1ncnc2c1CCCC2. The molecule has 0 saturated heterocycles. The number of thioether (sulfide) groups is 1. The summed E-state index contributed by atoms with van der Waals surface area (Å²) >= 11 is 1.95. The summed E-state index contributed by atoms with van der Waals surface area (Å²) in [6.07, 6.45) is 14.0. The first-order valence-corrected chi connectivity index (χ1v) is 8.87. The molecule has 0 aliphatic heterocycles. The minimum absolute atomic E-state index is 1.04. The molecule has 0 fully saturated rings. The number of aromatic nitrogens is 2. The van der Waals surface area contributed by atoms with Gasteiger partial charge in [0.05, 0.1) is 0 Å². The van der Waals surface area contributed by atoms with Gasteiger partial charge < -0.3 is 5.32 Å². The van der Waals surface area contributed by atoms with Gasteiger partial charge in [0.15, 0.2) is 0 Å². The molecule has 0 atom stereocenters. The molecule has 1 aliphatic rings. The van der Waals surface area contributed by atoms with Crippen molar-refractivity contribution in [2.75, 3.05) is 23.9 Å². The van der Waals surface area contributed by atoms with Crippen LogP contribution < -0.4 is 5.32 Å². The van der Waals surface area contributed by atoms with Gasteiger partial charge in [-0.05, 0) is 50.5 Å². The Morgan fingerprint density at radius 3 is 2.84 bits per heavy atom. The van der Waals surface area contributed by atoms with E-state index in [1.165, 1.54) is 55.5 Å². The van der Waals surface area contributed by atoms with Crippen molar-refractivity contribution >= 4 is 17.6 Å². The zero-order valence-electron chi connectivity index (χ0n) is 12.0. The summed E-state index contributed by atoms with van der Waals surface area (Å²) in [6, 6.07) is 0. The predicted molar refractivity (Wildman–Crippen MR) is 84.0 cm³/mol. The van der Waals surface area contributed by atoms with Crippen LogP contribution in [0.15, 0.2) is 6.33 Å². The minimum atomic E-state index is 1.04. The van der Waals surface area contributed by atoms with E-state index in [1.54, 1.807) is 6.33 Å². The number of nitrogens with one attached hydrogen (secondary N) is 1. The van der Waals surface area contributed by atoms with Crippen molar-refractivity contribution in [1.29, 1.82) is 0 Å². The number of nitrogens with zero attached hydrogens (tertiary/aromatic N) is 2. The minimum Gasteiger partial charge on any atom is -0.370 e. The highest BCUT2D eigenvalue weighted by Gasteiger charge is 2.14. The Kier molecular flexibility index (Phi) is 6.48. The van der Waals surface area contributed by atoms with Gasteiger partial charge in [0.1, 0.15) is 12.1 Å². The molecule has 0 unspecified atom stereocenters. The lowest BCUT2D eigenvalue weighted by Gasteiger charge is -2.17. The highest BCUT2D eigenvalue weighted by atomic mass is 32.2. The fourth-order valence-corrected chi connectivity index (χ4v) is 3.10. The highest BCUT2D eigenvalue weighted by Crippen LogP contribution is 2.24. The Balaban J connectivity index is 1.71. The summed E-state index contributed by atoms with van der Waals surface area (Å²) in [5.74, 6) is 2.39. The van der Waals surface area contributed by atoms with Crippen LogP contribution in [0.25, 0.3) is 0 Å². The van der Waals surface area contributed by atoms with Crippen LogP contribution in [0.2, 0.25) is 0 Å². The van der Waals surface area contributed by atoms with E-state index in [-0.39, 0.29) is 0 Å². The topological polar surface area (TPSA) is 37.8 Å². The molecule has 0 aromatic carbocycles. The van der Waals surface area contributed by atoms with Gasteiger partial charge in [-0.3, -0.25) is 0 Å². The molecule has 0 amide bonds. The van der Waals surface area contributed by atoms with Crippen LogP contribution in [0.4, 0.5) is 5.82 Å². The largest absolute Gasteiger partial charge is 0.370 e. The maximum absolute atomic E-state index is 4.41. The molecule has 3 nitrogen and oxygen atoms in total. The third-order valence-corrected chi connectivity index (χ3v) is 4.39. The molecule has 106 valence electrons. The summed E-state index contributed by atoms with van der Waals surface area (Å²) in [6.45, 7) is 1.04. The second-order valence-electron chi connectivity index (χ2n) is 5.19. The van der Waals surface area contributed by atoms with E-state index >= 15 is 0 Å². The van der Waals surface area contributed by atoms with Crippen molar-refractivity contribution in [1.82, 2.24) is 9.97 Å². The van der Waals surface area contributed by atoms with E-state index < -0.39 is 0 Å². The molecular weight excluding hydrogens is 254 g/mol. The van der Waals surface area contributed by atoms with Crippen LogP contribution in [-0.2, 0) is 12.8 Å². The van der Waals surface area contributed by atoms with Crippen molar-refractivity contribution in [2.24, 2.45) is 0 Å². The monoisotopic (exact) mass is 279 g/mol. The molecular formula is C15H25N3S. The van der Waals surface area contributed by atoms with Crippen LogP contribution >= 0.6 is 11.8 Å². The molecule has 1 aliphatic carbocycles. The van der Waals surface area contributed by atoms with E-state index in [9.17, 15) is 0 Å². The van der Waals surface area contributed by atoms with E-state index in [2.05, 4.69) is 21.5 Å². The average molecular weight is 279 g/mol. The molecule has 4 heteroatoms. The van der Waals surface area contributed by atoms with Crippen LogP contribution in [0.5, 0.6) is 0 Å².